The zero-order chi connectivity index (χ0) is 11.0. The van der Waals surface area contributed by atoms with Crippen molar-refractivity contribution in [1.82, 2.24) is 9.88 Å². The molecule has 4 heteroatoms. The molecule has 0 saturated carbocycles. The second-order valence-electron chi connectivity index (χ2n) is 3.76. The van der Waals surface area contributed by atoms with Crippen molar-refractivity contribution in [3.05, 3.63) is 29.7 Å². The molecule has 1 aromatic carbocycles. The standard InChI is InChI=1S/C11H13BrN2O/c1-7-13-9-5-4-8(6-10(9)15-7)11(12)14(2)3/h4-6,11H,1-3H3. The number of aromatic nitrogens is 1. The predicted octanol–water partition coefficient (Wildman–Crippen LogP) is 3.09. The predicted molar refractivity (Wildman–Crippen MR) is 64.1 cm³/mol. The summed E-state index contributed by atoms with van der Waals surface area (Å²) in [5.41, 5.74) is 2.93. The maximum Gasteiger partial charge on any atom is 0.192 e. The third kappa shape index (κ3) is 2.06. The topological polar surface area (TPSA) is 29.3 Å². The van der Waals surface area contributed by atoms with Crippen LogP contribution in [0.2, 0.25) is 0 Å². The summed E-state index contributed by atoms with van der Waals surface area (Å²) in [6, 6.07) is 6.07. The molecule has 0 spiro atoms. The maximum absolute atomic E-state index is 5.49. The molecule has 0 radical (unpaired) electrons. The molecule has 80 valence electrons. The minimum absolute atomic E-state index is 0.201. The summed E-state index contributed by atoms with van der Waals surface area (Å²) >= 11 is 3.61. The van der Waals surface area contributed by atoms with E-state index >= 15 is 0 Å². The van der Waals surface area contributed by atoms with E-state index in [0.717, 1.165) is 11.1 Å². The molecule has 0 amide bonds. The van der Waals surface area contributed by atoms with Crippen molar-refractivity contribution in [2.45, 2.75) is 11.9 Å². The van der Waals surface area contributed by atoms with E-state index < -0.39 is 0 Å². The number of rotatable bonds is 2. The Balaban J connectivity index is 2.46. The Morgan fingerprint density at radius 3 is 2.80 bits per heavy atom. The molecule has 0 saturated heterocycles. The zero-order valence-electron chi connectivity index (χ0n) is 8.99. The first-order valence-corrected chi connectivity index (χ1v) is 5.67. The first-order valence-electron chi connectivity index (χ1n) is 4.75. The van der Waals surface area contributed by atoms with Gasteiger partial charge in [0.2, 0.25) is 0 Å². The molecule has 15 heavy (non-hydrogen) atoms. The lowest BCUT2D eigenvalue weighted by atomic mass is 10.2. The van der Waals surface area contributed by atoms with Crippen LogP contribution < -0.4 is 0 Å². The second kappa shape index (κ2) is 3.94. The summed E-state index contributed by atoms with van der Waals surface area (Å²) in [5.74, 6) is 0.707. The number of fused-ring (bicyclic) bond motifs is 1. The molecule has 0 aliphatic heterocycles. The van der Waals surface area contributed by atoms with Gasteiger partial charge in [-0.3, -0.25) is 4.90 Å². The molecule has 1 atom stereocenters. The molecule has 3 nitrogen and oxygen atoms in total. The van der Waals surface area contributed by atoms with Gasteiger partial charge in [0.25, 0.3) is 0 Å². The van der Waals surface area contributed by atoms with Gasteiger partial charge in [-0.05, 0) is 31.8 Å². The van der Waals surface area contributed by atoms with E-state index in [4.69, 9.17) is 4.42 Å². The van der Waals surface area contributed by atoms with E-state index in [1.54, 1.807) is 0 Å². The fourth-order valence-corrected chi connectivity index (χ4v) is 1.79. The average Bonchev–Trinajstić information content (AvgIpc) is 2.55. The number of oxazole rings is 1. The van der Waals surface area contributed by atoms with Crippen LogP contribution in [0.15, 0.2) is 22.6 Å². The molecule has 0 aliphatic rings. The van der Waals surface area contributed by atoms with Gasteiger partial charge in [0.05, 0.1) is 4.95 Å². The van der Waals surface area contributed by atoms with Crippen LogP contribution in [0.3, 0.4) is 0 Å². The van der Waals surface area contributed by atoms with Crippen LogP contribution in [0.1, 0.15) is 16.4 Å². The van der Waals surface area contributed by atoms with Gasteiger partial charge in [-0.15, -0.1) is 0 Å². The Morgan fingerprint density at radius 1 is 1.40 bits per heavy atom. The van der Waals surface area contributed by atoms with Crippen molar-refractivity contribution in [3.8, 4) is 0 Å². The van der Waals surface area contributed by atoms with Crippen LogP contribution in [-0.4, -0.2) is 24.0 Å². The van der Waals surface area contributed by atoms with Gasteiger partial charge in [-0.25, -0.2) is 4.98 Å². The van der Waals surface area contributed by atoms with Crippen LogP contribution >= 0.6 is 15.9 Å². The minimum atomic E-state index is 0.201. The van der Waals surface area contributed by atoms with Crippen LogP contribution in [0.25, 0.3) is 11.1 Å². The molecule has 1 unspecified atom stereocenters. The van der Waals surface area contributed by atoms with Crippen molar-refractivity contribution < 1.29 is 4.42 Å². The van der Waals surface area contributed by atoms with Gasteiger partial charge in [-0.2, -0.15) is 0 Å². The SMILES string of the molecule is Cc1nc2ccc(C(Br)N(C)C)cc2o1. The lowest BCUT2D eigenvalue weighted by Crippen LogP contribution is -2.13. The summed E-state index contributed by atoms with van der Waals surface area (Å²) in [6.07, 6.45) is 0. The summed E-state index contributed by atoms with van der Waals surface area (Å²) < 4.78 is 5.49. The summed E-state index contributed by atoms with van der Waals surface area (Å²) in [7, 11) is 4.05. The van der Waals surface area contributed by atoms with E-state index in [9.17, 15) is 0 Å². The molecule has 1 aromatic heterocycles. The monoisotopic (exact) mass is 268 g/mol. The quantitative estimate of drug-likeness (QED) is 0.619. The first kappa shape index (κ1) is 10.6. The molecule has 1 heterocycles. The van der Waals surface area contributed by atoms with Gasteiger partial charge < -0.3 is 4.42 Å². The maximum atomic E-state index is 5.49. The molecule has 2 rings (SSSR count). The fraction of sp³-hybridized carbons (Fsp3) is 0.364. The Labute approximate surface area is 97.2 Å². The number of halogens is 1. The van der Waals surface area contributed by atoms with Gasteiger partial charge in [0.15, 0.2) is 11.5 Å². The molecule has 0 N–H and O–H groups in total. The van der Waals surface area contributed by atoms with Crippen molar-refractivity contribution in [2.24, 2.45) is 0 Å². The van der Waals surface area contributed by atoms with Crippen molar-refractivity contribution in [3.63, 3.8) is 0 Å². The zero-order valence-corrected chi connectivity index (χ0v) is 10.6. The van der Waals surface area contributed by atoms with Crippen LogP contribution in [0.4, 0.5) is 0 Å². The van der Waals surface area contributed by atoms with Gasteiger partial charge in [0, 0.05) is 6.92 Å². The van der Waals surface area contributed by atoms with Crippen LogP contribution in [-0.2, 0) is 0 Å². The van der Waals surface area contributed by atoms with Gasteiger partial charge >= 0.3 is 0 Å². The lowest BCUT2D eigenvalue weighted by molar-refractivity contribution is 0.398. The number of nitrogens with zero attached hydrogens (tertiary/aromatic N) is 2. The van der Waals surface area contributed by atoms with E-state index in [2.05, 4.69) is 31.9 Å². The number of alkyl halides is 1. The van der Waals surface area contributed by atoms with E-state index in [1.807, 2.05) is 33.2 Å². The first-order chi connectivity index (χ1) is 7.08. The van der Waals surface area contributed by atoms with Gasteiger partial charge in [-0.1, -0.05) is 22.0 Å². The van der Waals surface area contributed by atoms with Crippen molar-refractivity contribution in [1.29, 1.82) is 0 Å². The lowest BCUT2D eigenvalue weighted by Gasteiger charge is -2.17. The molecule has 0 aliphatic carbocycles. The number of aryl methyl sites for hydroxylation is 1. The smallest absolute Gasteiger partial charge is 0.192 e. The second-order valence-corrected chi connectivity index (χ2v) is 4.63. The highest BCUT2D eigenvalue weighted by molar-refractivity contribution is 9.09. The molecule has 0 bridgehead atoms. The molecule has 2 aromatic rings. The Morgan fingerprint density at radius 2 is 2.13 bits per heavy atom. The normalized spacial score (nSPS) is 13.7. The third-order valence-corrected chi connectivity index (χ3v) is 3.60. The van der Waals surface area contributed by atoms with Crippen LogP contribution in [0.5, 0.6) is 0 Å². The summed E-state index contributed by atoms with van der Waals surface area (Å²) in [6.45, 7) is 1.86. The third-order valence-electron chi connectivity index (χ3n) is 2.25. The highest BCUT2D eigenvalue weighted by Crippen LogP contribution is 2.27. The largest absolute Gasteiger partial charge is 0.441 e. The van der Waals surface area contributed by atoms with Crippen molar-refractivity contribution >= 4 is 27.0 Å². The molecular weight excluding hydrogens is 256 g/mol. The van der Waals surface area contributed by atoms with Crippen LogP contribution in [0, 0.1) is 6.92 Å². The number of benzene rings is 1. The summed E-state index contributed by atoms with van der Waals surface area (Å²) in [4.78, 5) is 6.55. The highest BCUT2D eigenvalue weighted by Gasteiger charge is 2.11. The van der Waals surface area contributed by atoms with E-state index in [0.29, 0.717) is 5.89 Å². The summed E-state index contributed by atoms with van der Waals surface area (Å²) in [5, 5.41) is 0. The average molecular weight is 269 g/mol. The Bertz CT molecular complexity index is 478. The molecule has 0 fully saturated rings. The Kier molecular flexibility index (Phi) is 2.80. The highest BCUT2D eigenvalue weighted by atomic mass is 79.9. The minimum Gasteiger partial charge on any atom is -0.441 e. The number of hydrogen-bond donors (Lipinski definition) is 0. The Hall–Kier alpha value is -0.870. The van der Waals surface area contributed by atoms with Crippen molar-refractivity contribution in [2.75, 3.05) is 14.1 Å². The fourth-order valence-electron chi connectivity index (χ4n) is 1.50. The van der Waals surface area contributed by atoms with E-state index in [1.165, 1.54) is 5.56 Å². The number of hydrogen-bond acceptors (Lipinski definition) is 3. The van der Waals surface area contributed by atoms with Gasteiger partial charge in [0.1, 0.15) is 5.52 Å². The van der Waals surface area contributed by atoms with E-state index in [-0.39, 0.29) is 4.95 Å². The molecular formula is C11H13BrN2O.